The summed E-state index contributed by atoms with van der Waals surface area (Å²) in [5.74, 6) is -0.648. The van der Waals surface area contributed by atoms with Gasteiger partial charge in [-0.15, -0.1) is 11.3 Å². The van der Waals surface area contributed by atoms with Crippen LogP contribution >= 0.6 is 34.3 Å². The van der Waals surface area contributed by atoms with Crippen molar-refractivity contribution < 1.29 is 14.3 Å². The number of amides is 1. The van der Waals surface area contributed by atoms with Gasteiger partial charge >= 0.3 is 5.97 Å². The van der Waals surface area contributed by atoms with Crippen molar-refractivity contribution in [1.82, 2.24) is 4.57 Å². The average molecular weight is 381 g/mol. The van der Waals surface area contributed by atoms with Crippen molar-refractivity contribution in [1.29, 1.82) is 0 Å². The summed E-state index contributed by atoms with van der Waals surface area (Å²) < 4.78 is 8.10. The zero-order valence-electron chi connectivity index (χ0n) is 12.7. The maximum absolute atomic E-state index is 12.3. The Hall–Kier alpha value is -1.96. The second-order valence-corrected chi connectivity index (χ2v) is 7.58. The molecule has 0 aliphatic rings. The summed E-state index contributed by atoms with van der Waals surface area (Å²) in [5.41, 5.74) is 0.933. The molecule has 0 unspecified atom stereocenters. The van der Waals surface area contributed by atoms with Crippen LogP contribution in [0.4, 0.5) is 0 Å². The van der Waals surface area contributed by atoms with Crippen LogP contribution in [0, 0.1) is 0 Å². The molecule has 1 amide bonds. The van der Waals surface area contributed by atoms with Crippen LogP contribution in [0.25, 0.3) is 10.2 Å². The summed E-state index contributed by atoms with van der Waals surface area (Å²) in [6, 6.07) is 11.1. The monoisotopic (exact) mass is 380 g/mol. The van der Waals surface area contributed by atoms with E-state index in [2.05, 4.69) is 4.99 Å². The lowest BCUT2D eigenvalue weighted by atomic mass is 10.3. The van der Waals surface area contributed by atoms with E-state index in [1.165, 1.54) is 29.8 Å². The lowest BCUT2D eigenvalue weighted by molar-refractivity contribution is -0.140. The molecule has 124 valence electrons. The number of ether oxygens (including phenoxy) is 1. The second kappa shape index (κ2) is 7.29. The molecule has 5 nitrogen and oxygen atoms in total. The third-order valence-electron chi connectivity index (χ3n) is 3.34. The van der Waals surface area contributed by atoms with Gasteiger partial charge in [-0.1, -0.05) is 35.1 Å². The number of carbonyl (C=O) groups excluding carboxylic acids is 2. The van der Waals surface area contributed by atoms with Crippen molar-refractivity contribution in [3.8, 4) is 0 Å². The number of thiazole rings is 1. The van der Waals surface area contributed by atoms with Gasteiger partial charge in [-0.2, -0.15) is 4.99 Å². The third kappa shape index (κ3) is 3.58. The highest BCUT2D eigenvalue weighted by Crippen LogP contribution is 2.22. The van der Waals surface area contributed by atoms with E-state index in [1.807, 2.05) is 28.8 Å². The molecule has 3 aromatic rings. The van der Waals surface area contributed by atoms with Gasteiger partial charge in [-0.05, 0) is 24.3 Å². The Labute approximate surface area is 150 Å². The fourth-order valence-electron chi connectivity index (χ4n) is 2.20. The number of nitrogens with zero attached hydrogens (tertiary/aromatic N) is 2. The van der Waals surface area contributed by atoms with E-state index in [0.717, 1.165) is 10.2 Å². The van der Waals surface area contributed by atoms with Gasteiger partial charge in [0.1, 0.15) is 0 Å². The van der Waals surface area contributed by atoms with Gasteiger partial charge in [0.15, 0.2) is 4.80 Å². The minimum absolute atomic E-state index is 0.212. The molecule has 0 atom stereocenters. The molecule has 0 aliphatic carbocycles. The molecular formula is C16H13ClN2O3S2. The van der Waals surface area contributed by atoms with E-state index in [-0.39, 0.29) is 18.3 Å². The first kappa shape index (κ1) is 16.9. The molecule has 0 saturated carbocycles. The standard InChI is InChI=1S/C16H13ClN2O3S2/c1-22-14(20)8-9-19-10-4-2-3-5-11(10)24-16(19)18-15(21)12-6-7-13(17)23-12/h2-7H,8-9H2,1H3. The number of esters is 1. The molecule has 0 aliphatic heterocycles. The van der Waals surface area contributed by atoms with Gasteiger partial charge in [0.05, 0.1) is 33.0 Å². The Kier molecular flexibility index (Phi) is 5.13. The summed E-state index contributed by atoms with van der Waals surface area (Å²) in [5, 5.41) is 0. The first-order valence-corrected chi connectivity index (χ1v) is 9.09. The number of aromatic nitrogens is 1. The number of methoxy groups -OCH3 is 1. The smallest absolute Gasteiger partial charge is 0.307 e. The van der Waals surface area contributed by atoms with Gasteiger partial charge in [-0.25, -0.2) is 0 Å². The zero-order chi connectivity index (χ0) is 17.1. The quantitative estimate of drug-likeness (QED) is 0.648. The number of fused-ring (bicyclic) bond motifs is 1. The molecule has 24 heavy (non-hydrogen) atoms. The predicted molar refractivity (Wildman–Crippen MR) is 95.7 cm³/mol. The predicted octanol–water partition coefficient (Wildman–Crippen LogP) is 3.72. The van der Waals surface area contributed by atoms with Gasteiger partial charge in [0.2, 0.25) is 0 Å². The Bertz CT molecular complexity index is 971. The number of halogens is 1. The first-order chi connectivity index (χ1) is 11.6. The summed E-state index contributed by atoms with van der Waals surface area (Å²) in [6.45, 7) is 0.397. The molecule has 0 radical (unpaired) electrons. The molecule has 3 rings (SSSR count). The number of carbonyl (C=O) groups is 2. The van der Waals surface area contributed by atoms with Gasteiger partial charge in [0, 0.05) is 6.54 Å². The van der Waals surface area contributed by atoms with E-state index in [0.29, 0.717) is 20.6 Å². The van der Waals surface area contributed by atoms with Crippen molar-refractivity contribution in [3.05, 3.63) is 50.4 Å². The topological polar surface area (TPSA) is 60.7 Å². The van der Waals surface area contributed by atoms with E-state index in [1.54, 1.807) is 12.1 Å². The van der Waals surface area contributed by atoms with E-state index >= 15 is 0 Å². The SMILES string of the molecule is COC(=O)CCn1c(=NC(=O)c2ccc(Cl)s2)sc2ccccc21. The summed E-state index contributed by atoms with van der Waals surface area (Å²) in [4.78, 5) is 29.1. The third-order valence-corrected chi connectivity index (χ3v) is 5.62. The maximum Gasteiger partial charge on any atom is 0.307 e. The van der Waals surface area contributed by atoms with Crippen LogP contribution in [-0.2, 0) is 16.1 Å². The Morgan fingerprint density at radius 3 is 2.71 bits per heavy atom. The highest BCUT2D eigenvalue weighted by Gasteiger charge is 2.12. The normalized spacial score (nSPS) is 11.8. The highest BCUT2D eigenvalue weighted by atomic mass is 35.5. The van der Waals surface area contributed by atoms with Crippen LogP contribution in [0.5, 0.6) is 0 Å². The molecule has 0 bridgehead atoms. The Balaban J connectivity index is 2.04. The van der Waals surface area contributed by atoms with E-state index < -0.39 is 0 Å². The van der Waals surface area contributed by atoms with Crippen LogP contribution in [-0.4, -0.2) is 23.6 Å². The van der Waals surface area contributed by atoms with Crippen molar-refractivity contribution >= 4 is 56.4 Å². The van der Waals surface area contributed by atoms with Crippen molar-refractivity contribution in [2.45, 2.75) is 13.0 Å². The zero-order valence-corrected chi connectivity index (χ0v) is 15.1. The van der Waals surface area contributed by atoms with Gasteiger partial charge in [-0.3, -0.25) is 9.59 Å². The molecule has 0 spiro atoms. The fourth-order valence-corrected chi connectivity index (χ4v) is 4.18. The number of hydrogen-bond acceptors (Lipinski definition) is 5. The second-order valence-electron chi connectivity index (χ2n) is 4.85. The number of rotatable bonds is 4. The van der Waals surface area contributed by atoms with Crippen molar-refractivity contribution in [3.63, 3.8) is 0 Å². The first-order valence-electron chi connectivity index (χ1n) is 7.08. The van der Waals surface area contributed by atoms with Gasteiger partial charge in [0.25, 0.3) is 5.91 Å². The maximum atomic E-state index is 12.3. The molecule has 1 aromatic carbocycles. The van der Waals surface area contributed by atoms with Crippen molar-refractivity contribution in [2.24, 2.45) is 4.99 Å². The molecule has 0 fully saturated rings. The lowest BCUT2D eigenvalue weighted by Gasteiger charge is -2.04. The fraction of sp³-hybridized carbons (Fsp3) is 0.188. The van der Waals surface area contributed by atoms with Crippen LogP contribution in [0.15, 0.2) is 41.4 Å². The van der Waals surface area contributed by atoms with E-state index in [4.69, 9.17) is 16.3 Å². The molecule has 0 N–H and O–H groups in total. The lowest BCUT2D eigenvalue weighted by Crippen LogP contribution is -2.19. The molecule has 0 saturated heterocycles. The van der Waals surface area contributed by atoms with Crippen LogP contribution in [0.3, 0.4) is 0 Å². The number of para-hydroxylation sites is 1. The van der Waals surface area contributed by atoms with Crippen molar-refractivity contribution in [2.75, 3.05) is 7.11 Å². The number of benzene rings is 1. The van der Waals surface area contributed by atoms with Crippen LogP contribution in [0.1, 0.15) is 16.1 Å². The molecule has 2 aromatic heterocycles. The minimum atomic E-state index is -0.342. The highest BCUT2D eigenvalue weighted by molar-refractivity contribution is 7.18. The summed E-state index contributed by atoms with van der Waals surface area (Å²) in [7, 11) is 1.36. The summed E-state index contributed by atoms with van der Waals surface area (Å²) >= 11 is 8.48. The summed E-state index contributed by atoms with van der Waals surface area (Å²) in [6.07, 6.45) is 0.212. The Morgan fingerprint density at radius 2 is 2.00 bits per heavy atom. The number of thiophene rings is 1. The van der Waals surface area contributed by atoms with Crippen LogP contribution < -0.4 is 4.80 Å². The number of aryl methyl sites for hydroxylation is 1. The van der Waals surface area contributed by atoms with E-state index in [9.17, 15) is 9.59 Å². The van der Waals surface area contributed by atoms with Crippen LogP contribution in [0.2, 0.25) is 4.34 Å². The molecular weight excluding hydrogens is 368 g/mol. The number of hydrogen-bond donors (Lipinski definition) is 0. The molecule has 2 heterocycles. The van der Waals surface area contributed by atoms with Gasteiger partial charge < -0.3 is 9.30 Å². The largest absolute Gasteiger partial charge is 0.469 e. The Morgan fingerprint density at radius 1 is 1.21 bits per heavy atom. The molecule has 8 heteroatoms. The average Bonchev–Trinajstić information content (AvgIpc) is 3.16. The minimum Gasteiger partial charge on any atom is -0.469 e.